The number of ether oxygens (including phenoxy) is 1. The highest BCUT2D eigenvalue weighted by molar-refractivity contribution is 4.80. The Bertz CT molecular complexity index is 101. The first-order chi connectivity index (χ1) is 4.14. The van der Waals surface area contributed by atoms with Crippen LogP contribution in [0, 0.1) is 0 Å². The lowest BCUT2D eigenvalue weighted by Gasteiger charge is -2.16. The molecule has 1 unspecified atom stereocenters. The van der Waals surface area contributed by atoms with Crippen LogP contribution in [0.25, 0.3) is 0 Å². The summed E-state index contributed by atoms with van der Waals surface area (Å²) in [6.45, 7) is 7.32. The van der Waals surface area contributed by atoms with Gasteiger partial charge in [0.1, 0.15) is 6.23 Å². The zero-order valence-electron chi connectivity index (χ0n) is 6.40. The second kappa shape index (κ2) is 2.27. The predicted molar refractivity (Wildman–Crippen MR) is 37.2 cm³/mol. The Hall–Kier alpha value is -0.0800. The molecule has 2 heteroatoms. The molecular formula is C7H15NO. The van der Waals surface area contributed by atoms with E-state index >= 15 is 0 Å². The Kier molecular flexibility index (Phi) is 1.78. The van der Waals surface area contributed by atoms with Crippen LogP contribution in [0.5, 0.6) is 0 Å². The predicted octanol–water partition coefficient (Wildman–Crippen LogP) is 1.12. The van der Waals surface area contributed by atoms with Crippen molar-refractivity contribution in [2.75, 3.05) is 6.54 Å². The maximum atomic E-state index is 5.59. The average molecular weight is 129 g/mol. The second-order valence-electron chi connectivity index (χ2n) is 3.16. The number of nitrogens with one attached hydrogen (secondary N) is 1. The molecule has 0 amide bonds. The van der Waals surface area contributed by atoms with E-state index < -0.39 is 0 Å². The summed E-state index contributed by atoms with van der Waals surface area (Å²) in [4.78, 5) is 0. The number of hydrogen-bond acceptors (Lipinski definition) is 2. The van der Waals surface area contributed by atoms with Gasteiger partial charge in [-0.2, -0.15) is 0 Å². The van der Waals surface area contributed by atoms with E-state index in [2.05, 4.69) is 26.1 Å². The third-order valence-corrected chi connectivity index (χ3v) is 1.59. The van der Waals surface area contributed by atoms with E-state index in [1.54, 1.807) is 0 Å². The maximum absolute atomic E-state index is 5.59. The van der Waals surface area contributed by atoms with Crippen LogP contribution >= 0.6 is 0 Å². The van der Waals surface area contributed by atoms with Gasteiger partial charge in [-0.25, -0.2) is 0 Å². The fourth-order valence-electron chi connectivity index (χ4n) is 1.06. The number of hydrogen-bond donors (Lipinski definition) is 1. The van der Waals surface area contributed by atoms with E-state index in [9.17, 15) is 0 Å². The Morgan fingerprint density at radius 2 is 2.33 bits per heavy atom. The summed E-state index contributed by atoms with van der Waals surface area (Å²) in [6.07, 6.45) is 1.35. The molecule has 1 N–H and O–H groups in total. The molecule has 1 fully saturated rings. The molecule has 54 valence electrons. The van der Waals surface area contributed by atoms with E-state index in [1.807, 2.05) is 0 Å². The normalized spacial score (nSPS) is 33.0. The van der Waals surface area contributed by atoms with Gasteiger partial charge in [-0.1, -0.05) is 6.92 Å². The molecule has 0 aliphatic carbocycles. The molecule has 1 heterocycles. The molecule has 9 heavy (non-hydrogen) atoms. The van der Waals surface area contributed by atoms with Gasteiger partial charge in [0.25, 0.3) is 0 Å². The molecule has 0 saturated carbocycles. The molecule has 0 aromatic carbocycles. The fraction of sp³-hybridized carbons (Fsp3) is 1.00. The summed E-state index contributed by atoms with van der Waals surface area (Å²) >= 11 is 0. The maximum Gasteiger partial charge on any atom is 0.108 e. The zero-order chi connectivity index (χ0) is 6.91. The van der Waals surface area contributed by atoms with E-state index in [4.69, 9.17) is 4.74 Å². The van der Waals surface area contributed by atoms with Gasteiger partial charge in [0.05, 0.1) is 5.60 Å². The summed E-state index contributed by atoms with van der Waals surface area (Å²) in [5.41, 5.74) is 0.0562. The van der Waals surface area contributed by atoms with Gasteiger partial charge in [-0.15, -0.1) is 0 Å². The van der Waals surface area contributed by atoms with Crippen molar-refractivity contribution in [2.45, 2.75) is 39.0 Å². The fourth-order valence-corrected chi connectivity index (χ4v) is 1.06. The van der Waals surface area contributed by atoms with Gasteiger partial charge in [0, 0.05) is 6.54 Å². The van der Waals surface area contributed by atoms with Crippen molar-refractivity contribution < 1.29 is 4.74 Å². The van der Waals surface area contributed by atoms with E-state index in [0.29, 0.717) is 6.23 Å². The quantitative estimate of drug-likeness (QED) is 0.573. The monoisotopic (exact) mass is 129 g/mol. The first kappa shape index (κ1) is 7.03. The number of rotatable bonds is 1. The summed E-state index contributed by atoms with van der Waals surface area (Å²) in [6, 6.07) is 0. The van der Waals surface area contributed by atoms with E-state index in [-0.39, 0.29) is 5.60 Å². The molecular weight excluding hydrogens is 114 g/mol. The first-order valence-corrected chi connectivity index (χ1v) is 3.55. The minimum absolute atomic E-state index is 0.0562. The van der Waals surface area contributed by atoms with Crippen LogP contribution in [-0.4, -0.2) is 18.4 Å². The molecule has 1 aliphatic rings. The lowest BCUT2D eigenvalue weighted by atomic mass is 10.1. The van der Waals surface area contributed by atoms with Crippen molar-refractivity contribution in [3.05, 3.63) is 0 Å². The molecule has 0 bridgehead atoms. The van der Waals surface area contributed by atoms with Crippen LogP contribution in [0.15, 0.2) is 0 Å². The van der Waals surface area contributed by atoms with E-state index in [1.165, 1.54) is 0 Å². The van der Waals surface area contributed by atoms with Crippen LogP contribution in [-0.2, 0) is 4.74 Å². The highest BCUT2D eigenvalue weighted by Gasteiger charge is 2.29. The largest absolute Gasteiger partial charge is 0.356 e. The highest BCUT2D eigenvalue weighted by atomic mass is 16.5. The lowest BCUT2D eigenvalue weighted by molar-refractivity contribution is -0.0154. The Labute approximate surface area is 56.6 Å². The summed E-state index contributed by atoms with van der Waals surface area (Å²) in [5.74, 6) is 0. The first-order valence-electron chi connectivity index (χ1n) is 3.55. The molecule has 1 atom stereocenters. The van der Waals surface area contributed by atoms with Crippen LogP contribution in [0.1, 0.15) is 27.2 Å². The van der Waals surface area contributed by atoms with Crippen LogP contribution in [0.4, 0.5) is 0 Å². The molecule has 0 aromatic rings. The molecule has 1 rings (SSSR count). The van der Waals surface area contributed by atoms with Gasteiger partial charge in [-0.05, 0) is 20.3 Å². The molecule has 1 saturated heterocycles. The average Bonchev–Trinajstić information content (AvgIpc) is 2.10. The molecule has 0 spiro atoms. The molecule has 0 aromatic heterocycles. The van der Waals surface area contributed by atoms with Gasteiger partial charge in [0.15, 0.2) is 0 Å². The van der Waals surface area contributed by atoms with Crippen LogP contribution in [0.2, 0.25) is 0 Å². The van der Waals surface area contributed by atoms with E-state index in [0.717, 1.165) is 13.0 Å². The lowest BCUT2D eigenvalue weighted by Crippen LogP contribution is -2.23. The minimum atomic E-state index is 0.0562. The van der Waals surface area contributed by atoms with Crippen LogP contribution < -0.4 is 5.32 Å². The van der Waals surface area contributed by atoms with Crippen molar-refractivity contribution in [2.24, 2.45) is 0 Å². The molecule has 0 radical (unpaired) electrons. The summed E-state index contributed by atoms with van der Waals surface area (Å²) in [5, 5.41) is 3.27. The van der Waals surface area contributed by atoms with Gasteiger partial charge in [0.2, 0.25) is 0 Å². The topological polar surface area (TPSA) is 21.3 Å². The Balaban J connectivity index is 2.38. The zero-order valence-corrected chi connectivity index (χ0v) is 6.40. The molecule has 2 nitrogen and oxygen atoms in total. The summed E-state index contributed by atoms with van der Waals surface area (Å²) < 4.78 is 5.59. The second-order valence-corrected chi connectivity index (χ2v) is 3.16. The van der Waals surface area contributed by atoms with Gasteiger partial charge < -0.3 is 4.74 Å². The SMILES string of the molecule is CCC1NCC(C)(C)O1. The van der Waals surface area contributed by atoms with Crippen molar-refractivity contribution in [3.8, 4) is 0 Å². The molecule has 1 aliphatic heterocycles. The van der Waals surface area contributed by atoms with Crippen molar-refractivity contribution in [3.63, 3.8) is 0 Å². The third kappa shape index (κ3) is 1.66. The highest BCUT2D eigenvalue weighted by Crippen LogP contribution is 2.17. The van der Waals surface area contributed by atoms with Gasteiger partial charge >= 0.3 is 0 Å². The third-order valence-electron chi connectivity index (χ3n) is 1.59. The van der Waals surface area contributed by atoms with Crippen molar-refractivity contribution >= 4 is 0 Å². The minimum Gasteiger partial charge on any atom is -0.356 e. The Morgan fingerprint density at radius 1 is 1.67 bits per heavy atom. The standard InChI is InChI=1S/C7H15NO/c1-4-6-8-5-7(2,3)9-6/h6,8H,4-5H2,1-3H3. The smallest absolute Gasteiger partial charge is 0.108 e. The Morgan fingerprint density at radius 3 is 2.56 bits per heavy atom. The summed E-state index contributed by atoms with van der Waals surface area (Å²) in [7, 11) is 0. The van der Waals surface area contributed by atoms with Gasteiger partial charge in [-0.3, -0.25) is 5.32 Å². The van der Waals surface area contributed by atoms with Crippen molar-refractivity contribution in [1.29, 1.82) is 0 Å². The van der Waals surface area contributed by atoms with Crippen LogP contribution in [0.3, 0.4) is 0 Å². The van der Waals surface area contributed by atoms with Crippen molar-refractivity contribution in [1.82, 2.24) is 5.32 Å².